The SMILES string of the molecule is C=C.CC1C[C@@H](O)C[C@@H](C(=O)O)O1.CCN. The van der Waals surface area contributed by atoms with Gasteiger partial charge in [0.25, 0.3) is 0 Å². The van der Waals surface area contributed by atoms with Gasteiger partial charge in [-0.05, 0) is 19.9 Å². The minimum Gasteiger partial charge on any atom is -0.479 e. The number of carboxylic acid groups (broad SMARTS) is 1. The highest BCUT2D eigenvalue weighted by molar-refractivity contribution is 5.72. The van der Waals surface area contributed by atoms with Crippen molar-refractivity contribution < 1.29 is 19.7 Å². The molecule has 16 heavy (non-hydrogen) atoms. The van der Waals surface area contributed by atoms with Crippen molar-refractivity contribution in [3.8, 4) is 0 Å². The van der Waals surface area contributed by atoms with Gasteiger partial charge in [-0.1, -0.05) is 6.92 Å². The van der Waals surface area contributed by atoms with E-state index in [9.17, 15) is 4.79 Å². The summed E-state index contributed by atoms with van der Waals surface area (Å²) in [6, 6.07) is 0. The van der Waals surface area contributed by atoms with Crippen LogP contribution in [0.25, 0.3) is 0 Å². The van der Waals surface area contributed by atoms with Gasteiger partial charge in [-0.3, -0.25) is 0 Å². The maximum atomic E-state index is 10.4. The standard InChI is InChI=1S/C7H12O4.C2H7N.C2H4/c1-4-2-5(8)3-6(11-4)7(9)10;1-2-3;1-2/h4-6,8H,2-3H2,1H3,(H,9,10);2-3H2,1H3;1-2H2/t4?,5-,6+;;/m1../s1. The van der Waals surface area contributed by atoms with Gasteiger partial charge in [0.1, 0.15) is 0 Å². The smallest absolute Gasteiger partial charge is 0.332 e. The molecule has 1 rings (SSSR count). The van der Waals surface area contributed by atoms with Crippen LogP contribution in [0.3, 0.4) is 0 Å². The number of carbonyl (C=O) groups is 1. The molecule has 0 saturated carbocycles. The van der Waals surface area contributed by atoms with Gasteiger partial charge in [-0.25, -0.2) is 4.79 Å². The molecule has 0 aromatic heterocycles. The fourth-order valence-corrected chi connectivity index (χ4v) is 1.28. The van der Waals surface area contributed by atoms with Gasteiger partial charge in [0, 0.05) is 6.42 Å². The molecule has 1 unspecified atom stereocenters. The first-order valence-electron chi connectivity index (χ1n) is 5.27. The summed E-state index contributed by atoms with van der Waals surface area (Å²) in [4.78, 5) is 10.4. The van der Waals surface area contributed by atoms with Crippen molar-refractivity contribution in [2.75, 3.05) is 6.54 Å². The summed E-state index contributed by atoms with van der Waals surface area (Å²) in [5, 5.41) is 17.7. The molecule has 1 heterocycles. The van der Waals surface area contributed by atoms with E-state index in [1.165, 1.54) is 0 Å². The average Bonchev–Trinajstić information content (AvgIpc) is 2.20. The molecule has 5 nitrogen and oxygen atoms in total. The van der Waals surface area contributed by atoms with Crippen LogP contribution in [-0.2, 0) is 9.53 Å². The van der Waals surface area contributed by atoms with Crippen LogP contribution < -0.4 is 5.73 Å². The maximum absolute atomic E-state index is 10.4. The van der Waals surface area contributed by atoms with Crippen molar-refractivity contribution in [1.82, 2.24) is 0 Å². The van der Waals surface area contributed by atoms with E-state index in [-0.39, 0.29) is 12.5 Å². The van der Waals surface area contributed by atoms with Crippen LogP contribution >= 0.6 is 0 Å². The fraction of sp³-hybridized carbons (Fsp3) is 0.727. The molecule has 3 atom stereocenters. The number of aliphatic hydroxyl groups is 1. The Bertz CT molecular complexity index is 177. The summed E-state index contributed by atoms with van der Waals surface area (Å²) < 4.78 is 5.06. The lowest BCUT2D eigenvalue weighted by molar-refractivity contribution is -0.164. The topological polar surface area (TPSA) is 92.8 Å². The predicted octanol–water partition coefficient (Wildman–Crippen LogP) is 0.767. The number of hydrogen-bond donors (Lipinski definition) is 3. The second kappa shape index (κ2) is 10.6. The van der Waals surface area contributed by atoms with E-state index >= 15 is 0 Å². The van der Waals surface area contributed by atoms with Crippen molar-refractivity contribution in [3.05, 3.63) is 13.2 Å². The Morgan fingerprint density at radius 2 is 1.94 bits per heavy atom. The first-order valence-corrected chi connectivity index (χ1v) is 5.27. The van der Waals surface area contributed by atoms with Gasteiger partial charge in [-0.15, -0.1) is 13.2 Å². The van der Waals surface area contributed by atoms with Crippen molar-refractivity contribution in [2.24, 2.45) is 5.73 Å². The van der Waals surface area contributed by atoms with Crippen LogP contribution in [0.2, 0.25) is 0 Å². The summed E-state index contributed by atoms with van der Waals surface area (Å²) in [6.07, 6.45) is -0.767. The third-order valence-electron chi connectivity index (χ3n) is 1.76. The largest absolute Gasteiger partial charge is 0.479 e. The molecule has 96 valence electrons. The summed E-state index contributed by atoms with van der Waals surface area (Å²) in [7, 11) is 0. The first-order chi connectivity index (χ1) is 7.51. The molecular formula is C11H23NO4. The van der Waals surface area contributed by atoms with E-state index in [0.717, 1.165) is 6.54 Å². The zero-order chi connectivity index (χ0) is 13.1. The fourth-order valence-electron chi connectivity index (χ4n) is 1.28. The normalized spacial score (nSPS) is 27.9. The number of aliphatic carboxylic acids is 1. The minimum absolute atomic E-state index is 0.153. The molecule has 4 N–H and O–H groups in total. The lowest BCUT2D eigenvalue weighted by Gasteiger charge is -2.28. The molecular weight excluding hydrogens is 210 g/mol. The molecule has 0 amide bonds. The highest BCUT2D eigenvalue weighted by Crippen LogP contribution is 2.19. The Morgan fingerprint density at radius 3 is 2.25 bits per heavy atom. The van der Waals surface area contributed by atoms with Crippen LogP contribution in [-0.4, -0.2) is 41.0 Å². The van der Waals surface area contributed by atoms with Gasteiger partial charge < -0.3 is 20.7 Å². The van der Waals surface area contributed by atoms with E-state index in [1.807, 2.05) is 6.92 Å². The molecule has 0 radical (unpaired) electrons. The lowest BCUT2D eigenvalue weighted by atomic mass is 10.0. The summed E-state index contributed by atoms with van der Waals surface area (Å²) in [5.41, 5.74) is 4.85. The Morgan fingerprint density at radius 1 is 1.50 bits per heavy atom. The summed E-state index contributed by atoms with van der Waals surface area (Å²) in [5.74, 6) is -0.990. The molecule has 1 aliphatic rings. The Kier molecular flexibility index (Phi) is 11.6. The Labute approximate surface area is 96.9 Å². The monoisotopic (exact) mass is 233 g/mol. The highest BCUT2D eigenvalue weighted by atomic mass is 16.5. The van der Waals surface area contributed by atoms with Crippen molar-refractivity contribution in [3.63, 3.8) is 0 Å². The number of aliphatic hydroxyl groups excluding tert-OH is 1. The van der Waals surface area contributed by atoms with Crippen LogP contribution in [0.1, 0.15) is 26.7 Å². The molecule has 0 aliphatic carbocycles. The number of nitrogens with two attached hydrogens (primary N) is 1. The van der Waals surface area contributed by atoms with Crippen LogP contribution in [0, 0.1) is 0 Å². The number of ether oxygens (including phenoxy) is 1. The minimum atomic E-state index is -0.990. The number of rotatable bonds is 1. The third-order valence-corrected chi connectivity index (χ3v) is 1.76. The lowest BCUT2D eigenvalue weighted by Crippen LogP contribution is -2.38. The van der Waals surface area contributed by atoms with Crippen molar-refractivity contribution in [2.45, 2.75) is 45.0 Å². The summed E-state index contributed by atoms with van der Waals surface area (Å²) >= 11 is 0. The van der Waals surface area contributed by atoms with Gasteiger partial charge in [-0.2, -0.15) is 0 Å². The molecule has 0 aromatic rings. The maximum Gasteiger partial charge on any atom is 0.332 e. The predicted molar refractivity (Wildman–Crippen MR) is 63.2 cm³/mol. The Hall–Kier alpha value is -0.910. The number of carboxylic acids is 1. The first kappa shape index (κ1) is 17.5. The summed E-state index contributed by atoms with van der Waals surface area (Å²) in [6.45, 7) is 10.4. The van der Waals surface area contributed by atoms with E-state index in [2.05, 4.69) is 13.2 Å². The zero-order valence-corrected chi connectivity index (χ0v) is 10.1. The molecule has 0 bridgehead atoms. The molecule has 0 aromatic carbocycles. The van der Waals surface area contributed by atoms with Crippen LogP contribution in [0.15, 0.2) is 13.2 Å². The van der Waals surface area contributed by atoms with E-state index < -0.39 is 18.2 Å². The van der Waals surface area contributed by atoms with Gasteiger partial charge >= 0.3 is 5.97 Å². The van der Waals surface area contributed by atoms with E-state index in [1.54, 1.807) is 6.92 Å². The van der Waals surface area contributed by atoms with Crippen molar-refractivity contribution in [1.29, 1.82) is 0 Å². The molecule has 5 heteroatoms. The van der Waals surface area contributed by atoms with Gasteiger partial charge in [0.2, 0.25) is 0 Å². The zero-order valence-electron chi connectivity index (χ0n) is 10.1. The molecule has 1 aliphatic heterocycles. The van der Waals surface area contributed by atoms with Crippen LogP contribution in [0.4, 0.5) is 0 Å². The quantitative estimate of drug-likeness (QED) is 0.582. The van der Waals surface area contributed by atoms with Crippen molar-refractivity contribution >= 4 is 5.97 Å². The van der Waals surface area contributed by atoms with Crippen LogP contribution in [0.5, 0.6) is 0 Å². The highest BCUT2D eigenvalue weighted by Gasteiger charge is 2.30. The molecule has 1 saturated heterocycles. The number of hydrogen-bond acceptors (Lipinski definition) is 4. The van der Waals surface area contributed by atoms with Gasteiger partial charge in [0.15, 0.2) is 6.10 Å². The third kappa shape index (κ3) is 8.40. The molecule has 0 spiro atoms. The average molecular weight is 233 g/mol. The second-order valence-corrected chi connectivity index (χ2v) is 3.31. The Balaban J connectivity index is 0. The molecule has 1 fully saturated rings. The van der Waals surface area contributed by atoms with Gasteiger partial charge in [0.05, 0.1) is 12.2 Å². The van der Waals surface area contributed by atoms with E-state index in [4.69, 9.17) is 20.7 Å². The van der Waals surface area contributed by atoms with E-state index in [0.29, 0.717) is 6.42 Å². The second-order valence-electron chi connectivity index (χ2n) is 3.31.